The Bertz CT molecular complexity index is 526. The Kier molecular flexibility index (Phi) is 3.94. The van der Waals surface area contributed by atoms with Crippen molar-refractivity contribution in [2.45, 2.75) is 6.61 Å². The van der Waals surface area contributed by atoms with E-state index in [-0.39, 0.29) is 12.6 Å². The van der Waals surface area contributed by atoms with Crippen molar-refractivity contribution in [1.29, 1.82) is 0 Å². The summed E-state index contributed by atoms with van der Waals surface area (Å²) < 4.78 is 0. The van der Waals surface area contributed by atoms with Gasteiger partial charge in [-0.15, -0.1) is 0 Å². The molecule has 0 saturated heterocycles. The van der Waals surface area contributed by atoms with E-state index in [0.29, 0.717) is 5.69 Å². The number of aliphatic hydroxyl groups is 1. The molecule has 0 aliphatic carbocycles. The Morgan fingerprint density at radius 3 is 2.33 bits per heavy atom. The largest absolute Gasteiger partial charge is 0.392 e. The Morgan fingerprint density at radius 2 is 1.61 bits per heavy atom. The zero-order valence-electron chi connectivity index (χ0n) is 9.76. The van der Waals surface area contributed by atoms with Gasteiger partial charge in [0.2, 0.25) is 0 Å². The summed E-state index contributed by atoms with van der Waals surface area (Å²) in [5.41, 5.74) is 2.14. The fourth-order valence-corrected chi connectivity index (χ4v) is 1.56. The number of anilines is 2. The van der Waals surface area contributed by atoms with Crippen molar-refractivity contribution in [3.8, 4) is 0 Å². The van der Waals surface area contributed by atoms with Crippen LogP contribution in [0.3, 0.4) is 0 Å². The number of hydrogen-bond acceptors (Lipinski definition) is 2. The molecule has 18 heavy (non-hydrogen) atoms. The first-order valence-corrected chi connectivity index (χ1v) is 5.61. The Morgan fingerprint density at radius 1 is 0.944 bits per heavy atom. The average molecular weight is 242 g/mol. The van der Waals surface area contributed by atoms with E-state index in [9.17, 15) is 4.79 Å². The van der Waals surface area contributed by atoms with E-state index in [1.54, 1.807) is 24.3 Å². The molecule has 2 amide bonds. The highest BCUT2D eigenvalue weighted by molar-refractivity contribution is 5.99. The van der Waals surface area contributed by atoms with Crippen LogP contribution in [-0.4, -0.2) is 11.1 Å². The number of urea groups is 1. The minimum atomic E-state index is -0.309. The zero-order valence-corrected chi connectivity index (χ0v) is 9.76. The highest BCUT2D eigenvalue weighted by Crippen LogP contribution is 2.11. The lowest BCUT2D eigenvalue weighted by Crippen LogP contribution is -2.19. The molecule has 0 aliphatic rings. The molecule has 0 saturated carbocycles. The fraction of sp³-hybridized carbons (Fsp3) is 0.0714. The first-order valence-electron chi connectivity index (χ1n) is 5.61. The van der Waals surface area contributed by atoms with Gasteiger partial charge in [0.15, 0.2) is 0 Å². The van der Waals surface area contributed by atoms with Crippen molar-refractivity contribution < 1.29 is 9.90 Å². The molecular weight excluding hydrogens is 228 g/mol. The van der Waals surface area contributed by atoms with Gasteiger partial charge in [0.1, 0.15) is 0 Å². The minimum absolute atomic E-state index is 0.0458. The van der Waals surface area contributed by atoms with Gasteiger partial charge in [-0.2, -0.15) is 0 Å². The van der Waals surface area contributed by atoms with E-state index in [4.69, 9.17) is 5.11 Å². The lowest BCUT2D eigenvalue weighted by Gasteiger charge is -2.08. The lowest BCUT2D eigenvalue weighted by atomic mass is 10.2. The van der Waals surface area contributed by atoms with Gasteiger partial charge in [-0.25, -0.2) is 4.79 Å². The van der Waals surface area contributed by atoms with Crippen molar-refractivity contribution in [1.82, 2.24) is 0 Å². The van der Waals surface area contributed by atoms with Crippen LogP contribution in [0.2, 0.25) is 0 Å². The van der Waals surface area contributed by atoms with E-state index in [2.05, 4.69) is 10.6 Å². The topological polar surface area (TPSA) is 61.4 Å². The zero-order chi connectivity index (χ0) is 12.8. The van der Waals surface area contributed by atoms with Crippen LogP contribution in [0.15, 0.2) is 54.6 Å². The van der Waals surface area contributed by atoms with Gasteiger partial charge in [0, 0.05) is 11.4 Å². The number of benzene rings is 2. The third kappa shape index (κ3) is 3.33. The summed E-state index contributed by atoms with van der Waals surface area (Å²) in [6, 6.07) is 16.0. The predicted octanol–water partition coefficient (Wildman–Crippen LogP) is 2.82. The van der Waals surface area contributed by atoms with Crippen LogP contribution in [0.1, 0.15) is 5.56 Å². The van der Waals surface area contributed by atoms with Crippen LogP contribution >= 0.6 is 0 Å². The maximum Gasteiger partial charge on any atom is 0.323 e. The number of rotatable bonds is 3. The van der Waals surface area contributed by atoms with Crippen molar-refractivity contribution in [2.75, 3.05) is 10.6 Å². The molecule has 0 bridgehead atoms. The summed E-state index contributed by atoms with van der Waals surface area (Å²) in [6.07, 6.45) is 0. The quantitative estimate of drug-likeness (QED) is 0.775. The fourth-order valence-electron chi connectivity index (χ4n) is 1.56. The first kappa shape index (κ1) is 12.1. The van der Waals surface area contributed by atoms with Crippen molar-refractivity contribution in [3.05, 3.63) is 60.2 Å². The van der Waals surface area contributed by atoms with Gasteiger partial charge < -0.3 is 15.7 Å². The molecule has 2 rings (SSSR count). The van der Waals surface area contributed by atoms with Crippen molar-refractivity contribution >= 4 is 17.4 Å². The van der Waals surface area contributed by atoms with Gasteiger partial charge in [0.05, 0.1) is 6.61 Å². The third-order valence-electron chi connectivity index (χ3n) is 2.40. The van der Waals surface area contributed by atoms with Gasteiger partial charge in [-0.05, 0) is 29.8 Å². The molecule has 0 fully saturated rings. The van der Waals surface area contributed by atoms with Crippen LogP contribution in [0.25, 0.3) is 0 Å². The van der Waals surface area contributed by atoms with Gasteiger partial charge in [-0.1, -0.05) is 30.3 Å². The van der Waals surface area contributed by atoms with E-state index < -0.39 is 0 Å². The number of carbonyl (C=O) groups is 1. The number of amides is 2. The molecule has 3 N–H and O–H groups in total. The smallest absolute Gasteiger partial charge is 0.323 e. The molecule has 2 aromatic rings. The van der Waals surface area contributed by atoms with Crippen LogP contribution in [-0.2, 0) is 6.61 Å². The van der Waals surface area contributed by atoms with Gasteiger partial charge >= 0.3 is 6.03 Å². The summed E-state index contributed by atoms with van der Waals surface area (Å²) >= 11 is 0. The summed E-state index contributed by atoms with van der Waals surface area (Å²) in [5, 5.41) is 14.4. The standard InChI is InChI=1S/C14H14N2O2/c17-10-11-5-4-8-13(9-11)16-14(18)15-12-6-2-1-3-7-12/h1-9,17H,10H2,(H2,15,16,18). The summed E-state index contributed by atoms with van der Waals surface area (Å²) in [5.74, 6) is 0. The minimum Gasteiger partial charge on any atom is -0.392 e. The second-order valence-corrected chi connectivity index (χ2v) is 3.80. The van der Waals surface area contributed by atoms with Gasteiger partial charge in [0.25, 0.3) is 0 Å². The van der Waals surface area contributed by atoms with Crippen LogP contribution < -0.4 is 10.6 Å². The van der Waals surface area contributed by atoms with E-state index in [0.717, 1.165) is 11.3 Å². The van der Waals surface area contributed by atoms with E-state index in [1.807, 2.05) is 30.3 Å². The number of nitrogens with one attached hydrogen (secondary N) is 2. The molecule has 0 aliphatic heterocycles. The Balaban J connectivity index is 1.99. The average Bonchev–Trinajstić information content (AvgIpc) is 2.40. The van der Waals surface area contributed by atoms with Crippen LogP contribution in [0.4, 0.5) is 16.2 Å². The molecule has 4 nitrogen and oxygen atoms in total. The summed E-state index contributed by atoms with van der Waals surface area (Å²) in [4.78, 5) is 11.7. The molecule has 0 radical (unpaired) electrons. The number of carbonyl (C=O) groups excluding carboxylic acids is 1. The summed E-state index contributed by atoms with van der Waals surface area (Å²) in [6.45, 7) is -0.0458. The SMILES string of the molecule is O=C(Nc1ccccc1)Nc1cccc(CO)c1. The summed E-state index contributed by atoms with van der Waals surface area (Å²) in [7, 11) is 0. The monoisotopic (exact) mass is 242 g/mol. The molecule has 92 valence electrons. The normalized spacial score (nSPS) is 9.83. The lowest BCUT2D eigenvalue weighted by molar-refractivity contribution is 0.262. The molecule has 4 heteroatoms. The third-order valence-corrected chi connectivity index (χ3v) is 2.40. The van der Waals surface area contributed by atoms with Crippen LogP contribution in [0, 0.1) is 0 Å². The van der Waals surface area contributed by atoms with Crippen LogP contribution in [0.5, 0.6) is 0 Å². The maximum absolute atomic E-state index is 11.7. The molecule has 0 unspecified atom stereocenters. The Labute approximate surface area is 105 Å². The molecule has 0 spiro atoms. The molecule has 0 atom stereocenters. The predicted molar refractivity (Wildman–Crippen MR) is 71.4 cm³/mol. The highest BCUT2D eigenvalue weighted by Gasteiger charge is 2.02. The Hall–Kier alpha value is -2.33. The van der Waals surface area contributed by atoms with E-state index >= 15 is 0 Å². The molecule has 0 heterocycles. The number of hydrogen-bond donors (Lipinski definition) is 3. The molecule has 2 aromatic carbocycles. The highest BCUT2D eigenvalue weighted by atomic mass is 16.3. The first-order chi connectivity index (χ1) is 8.78. The van der Waals surface area contributed by atoms with E-state index in [1.165, 1.54) is 0 Å². The second-order valence-electron chi connectivity index (χ2n) is 3.80. The van der Waals surface area contributed by atoms with Crippen molar-refractivity contribution in [3.63, 3.8) is 0 Å². The number of para-hydroxylation sites is 1. The van der Waals surface area contributed by atoms with Crippen molar-refractivity contribution in [2.24, 2.45) is 0 Å². The molecule has 0 aromatic heterocycles. The number of aliphatic hydroxyl groups excluding tert-OH is 1. The maximum atomic E-state index is 11.7. The second kappa shape index (κ2) is 5.84. The van der Waals surface area contributed by atoms with Gasteiger partial charge in [-0.3, -0.25) is 0 Å². The molecular formula is C14H14N2O2.